The zero-order valence-corrected chi connectivity index (χ0v) is 18.5. The van der Waals surface area contributed by atoms with Gasteiger partial charge in [0.25, 0.3) is 5.91 Å². The molecule has 176 valence electrons. The maximum Gasteiger partial charge on any atom is 0.417 e. The summed E-state index contributed by atoms with van der Waals surface area (Å²) in [5, 5.41) is 0. The second kappa shape index (κ2) is 8.70. The normalized spacial score (nSPS) is 22.0. The van der Waals surface area contributed by atoms with Crippen LogP contribution in [-0.4, -0.2) is 44.4 Å². The molecule has 2 bridgehead atoms. The summed E-state index contributed by atoms with van der Waals surface area (Å²) in [7, 11) is 0. The van der Waals surface area contributed by atoms with E-state index in [-0.39, 0.29) is 29.9 Å². The molecule has 3 aromatic heterocycles. The van der Waals surface area contributed by atoms with E-state index in [0.29, 0.717) is 23.5 Å². The number of hydrogen-bond donors (Lipinski definition) is 0. The summed E-state index contributed by atoms with van der Waals surface area (Å²) < 4.78 is 44.5. The van der Waals surface area contributed by atoms with Gasteiger partial charge in [-0.3, -0.25) is 14.8 Å². The molecule has 2 aliphatic heterocycles. The number of ether oxygens (including phenoxy) is 1. The Bertz CT molecular complexity index is 1190. The van der Waals surface area contributed by atoms with Gasteiger partial charge in [0.1, 0.15) is 11.8 Å². The van der Waals surface area contributed by atoms with Crippen LogP contribution >= 0.6 is 0 Å². The van der Waals surface area contributed by atoms with Crippen LogP contribution in [0.3, 0.4) is 0 Å². The van der Waals surface area contributed by atoms with Gasteiger partial charge in [-0.05, 0) is 62.4 Å². The lowest BCUT2D eigenvalue weighted by Crippen LogP contribution is -2.59. The van der Waals surface area contributed by atoms with Crippen LogP contribution in [0.25, 0.3) is 11.4 Å². The summed E-state index contributed by atoms with van der Waals surface area (Å²) in [6.07, 6.45) is 0.127. The van der Waals surface area contributed by atoms with Gasteiger partial charge in [0, 0.05) is 30.7 Å². The topological polar surface area (TPSA) is 68.2 Å². The Morgan fingerprint density at radius 1 is 1.09 bits per heavy atom. The molecular weight excluding hydrogens is 445 g/mol. The number of piperidine rings is 2. The quantitative estimate of drug-likeness (QED) is 0.543. The molecule has 2 saturated heterocycles. The van der Waals surface area contributed by atoms with Crippen molar-refractivity contribution >= 4 is 5.91 Å². The van der Waals surface area contributed by atoms with Crippen molar-refractivity contribution in [3.05, 3.63) is 71.7 Å². The molecule has 6 rings (SSSR count). The van der Waals surface area contributed by atoms with Crippen LogP contribution < -0.4 is 4.74 Å². The molecule has 3 fully saturated rings. The van der Waals surface area contributed by atoms with Crippen LogP contribution in [-0.2, 0) is 6.18 Å². The van der Waals surface area contributed by atoms with Crippen molar-refractivity contribution in [1.29, 1.82) is 0 Å². The first-order valence-corrected chi connectivity index (χ1v) is 11.2. The number of aryl methyl sites for hydroxylation is 1. The van der Waals surface area contributed by atoms with Gasteiger partial charge in [-0.2, -0.15) is 13.2 Å². The summed E-state index contributed by atoms with van der Waals surface area (Å²) in [4.78, 5) is 28.4. The SMILES string of the molecule is Cc1ccc(C(=O)N2C[C@@H]3CC[C@H]2[C@H](Oc2ccc(C(F)(F)F)cn2)C3)c(-c2ccccn2)n1. The Kier molecular flexibility index (Phi) is 5.71. The molecule has 3 aromatic rings. The van der Waals surface area contributed by atoms with Crippen LogP contribution in [0.15, 0.2) is 54.9 Å². The van der Waals surface area contributed by atoms with Gasteiger partial charge in [0.15, 0.2) is 0 Å². The fourth-order valence-corrected chi connectivity index (χ4v) is 4.85. The molecule has 0 aromatic carbocycles. The summed E-state index contributed by atoms with van der Waals surface area (Å²) >= 11 is 0. The van der Waals surface area contributed by atoms with E-state index in [1.807, 2.05) is 36.1 Å². The number of fused-ring (bicyclic) bond motifs is 3. The average molecular weight is 468 g/mol. The molecule has 34 heavy (non-hydrogen) atoms. The number of hydrogen-bond acceptors (Lipinski definition) is 5. The van der Waals surface area contributed by atoms with E-state index >= 15 is 0 Å². The molecule has 0 N–H and O–H groups in total. The number of carbonyl (C=O) groups is 1. The van der Waals surface area contributed by atoms with E-state index in [9.17, 15) is 18.0 Å². The van der Waals surface area contributed by atoms with Crippen molar-refractivity contribution in [2.45, 2.75) is 44.5 Å². The summed E-state index contributed by atoms with van der Waals surface area (Å²) in [6, 6.07) is 11.1. The molecule has 1 aliphatic carbocycles. The molecule has 6 nitrogen and oxygen atoms in total. The second-order valence-electron chi connectivity index (χ2n) is 8.81. The van der Waals surface area contributed by atoms with E-state index in [2.05, 4.69) is 15.0 Å². The van der Waals surface area contributed by atoms with Crippen molar-refractivity contribution in [3.8, 4) is 17.3 Å². The lowest BCUT2D eigenvalue weighted by Gasteiger charge is -2.49. The second-order valence-corrected chi connectivity index (χ2v) is 8.81. The molecule has 3 aliphatic rings. The van der Waals surface area contributed by atoms with E-state index in [4.69, 9.17) is 4.74 Å². The molecule has 9 heteroatoms. The Morgan fingerprint density at radius 3 is 2.62 bits per heavy atom. The minimum absolute atomic E-state index is 0.129. The van der Waals surface area contributed by atoms with Crippen molar-refractivity contribution in [2.75, 3.05) is 6.54 Å². The molecule has 0 spiro atoms. The summed E-state index contributed by atoms with van der Waals surface area (Å²) in [5.41, 5.74) is 1.60. The van der Waals surface area contributed by atoms with E-state index in [0.717, 1.165) is 37.2 Å². The number of nitrogens with zero attached hydrogens (tertiary/aromatic N) is 4. The third-order valence-electron chi connectivity index (χ3n) is 6.49. The van der Waals surface area contributed by atoms with Gasteiger partial charge in [-0.15, -0.1) is 0 Å². The first-order chi connectivity index (χ1) is 16.3. The van der Waals surface area contributed by atoms with E-state index in [1.54, 1.807) is 12.3 Å². The van der Waals surface area contributed by atoms with Crippen LogP contribution in [0.5, 0.6) is 5.88 Å². The zero-order chi connectivity index (χ0) is 23.9. The number of carbonyl (C=O) groups excluding carboxylic acids is 1. The fourth-order valence-electron chi connectivity index (χ4n) is 4.85. The number of amides is 1. The molecule has 1 saturated carbocycles. The van der Waals surface area contributed by atoms with Crippen LogP contribution in [0.1, 0.15) is 40.9 Å². The third-order valence-corrected chi connectivity index (χ3v) is 6.49. The highest BCUT2D eigenvalue weighted by atomic mass is 19.4. The minimum Gasteiger partial charge on any atom is -0.472 e. The van der Waals surface area contributed by atoms with Gasteiger partial charge in [-0.1, -0.05) is 6.07 Å². The monoisotopic (exact) mass is 468 g/mol. The maximum atomic E-state index is 13.7. The largest absolute Gasteiger partial charge is 0.472 e. The lowest BCUT2D eigenvalue weighted by atomic mass is 9.77. The Labute approximate surface area is 194 Å². The third kappa shape index (κ3) is 4.34. The van der Waals surface area contributed by atoms with E-state index in [1.165, 1.54) is 6.07 Å². The predicted octanol–water partition coefficient (Wildman–Crippen LogP) is 4.94. The highest BCUT2D eigenvalue weighted by Crippen LogP contribution is 2.39. The van der Waals surface area contributed by atoms with Crippen LogP contribution in [0.4, 0.5) is 13.2 Å². The van der Waals surface area contributed by atoms with Crippen molar-refractivity contribution < 1.29 is 22.7 Å². The molecule has 5 heterocycles. The molecule has 3 atom stereocenters. The minimum atomic E-state index is -4.45. The van der Waals surface area contributed by atoms with Crippen molar-refractivity contribution in [2.24, 2.45) is 5.92 Å². The smallest absolute Gasteiger partial charge is 0.417 e. The van der Waals surface area contributed by atoms with Crippen LogP contribution in [0.2, 0.25) is 0 Å². The molecule has 1 amide bonds. The Morgan fingerprint density at radius 2 is 1.94 bits per heavy atom. The summed E-state index contributed by atoms with van der Waals surface area (Å²) in [5.74, 6) is 0.241. The van der Waals surface area contributed by atoms with Gasteiger partial charge in [-0.25, -0.2) is 4.98 Å². The van der Waals surface area contributed by atoms with Gasteiger partial charge in [0.2, 0.25) is 5.88 Å². The Hall–Kier alpha value is -3.49. The molecular formula is C25H23F3N4O2. The standard InChI is InChI=1S/C25H23F3N4O2/c1-15-5-8-18(23(31-15)19-4-2-3-11-29-19)24(33)32-14-16-6-9-20(32)21(12-16)34-22-10-7-17(13-30-22)25(26,27)28/h2-5,7-8,10-11,13,16,20-21H,6,9,12,14H2,1H3/t16-,20+,21-/m1/s1. The average Bonchev–Trinajstić information content (AvgIpc) is 2.84. The van der Waals surface area contributed by atoms with Gasteiger partial charge < -0.3 is 9.64 Å². The number of aromatic nitrogens is 3. The maximum absolute atomic E-state index is 13.7. The van der Waals surface area contributed by atoms with Crippen molar-refractivity contribution in [1.82, 2.24) is 19.9 Å². The zero-order valence-electron chi connectivity index (χ0n) is 18.5. The molecule has 0 radical (unpaired) electrons. The van der Waals surface area contributed by atoms with Crippen LogP contribution in [0, 0.1) is 12.8 Å². The first kappa shape index (κ1) is 22.3. The highest BCUT2D eigenvalue weighted by Gasteiger charge is 2.45. The fraction of sp³-hybridized carbons (Fsp3) is 0.360. The molecule has 0 unspecified atom stereocenters. The number of rotatable bonds is 4. The van der Waals surface area contributed by atoms with Gasteiger partial charge in [0.05, 0.1) is 22.9 Å². The Balaban J connectivity index is 1.40. The predicted molar refractivity (Wildman–Crippen MR) is 118 cm³/mol. The summed E-state index contributed by atoms with van der Waals surface area (Å²) in [6.45, 7) is 2.48. The van der Waals surface area contributed by atoms with Gasteiger partial charge >= 0.3 is 6.18 Å². The number of pyridine rings is 3. The highest BCUT2D eigenvalue weighted by molar-refractivity contribution is 6.00. The first-order valence-electron chi connectivity index (χ1n) is 11.2. The number of halogens is 3. The number of alkyl halides is 3. The van der Waals surface area contributed by atoms with E-state index < -0.39 is 11.7 Å². The lowest BCUT2D eigenvalue weighted by molar-refractivity contribution is -0.137. The van der Waals surface area contributed by atoms with Crippen molar-refractivity contribution in [3.63, 3.8) is 0 Å².